The first kappa shape index (κ1) is 16.2. The second kappa shape index (κ2) is 5.20. The standard InChI is InChI=1S/C11H20O7S2/c1-6-8(12)5-10(20(16,17)18)7-3-2-4-9(11(6)7)19(13,14)15/h6-12H,2-5H2,1H3,(H,13,14,15)(H,16,17,18). The Morgan fingerprint density at radius 1 is 0.950 bits per heavy atom. The van der Waals surface area contributed by atoms with E-state index in [2.05, 4.69) is 0 Å². The maximum atomic E-state index is 11.5. The molecule has 6 unspecified atom stereocenters. The number of hydrogen-bond acceptors (Lipinski definition) is 5. The molecule has 0 spiro atoms. The smallest absolute Gasteiger partial charge is 0.268 e. The lowest BCUT2D eigenvalue weighted by molar-refractivity contribution is -0.00389. The second-order valence-corrected chi connectivity index (χ2v) is 9.21. The van der Waals surface area contributed by atoms with Crippen molar-refractivity contribution >= 4 is 20.2 Å². The largest absolute Gasteiger partial charge is 0.393 e. The van der Waals surface area contributed by atoms with Gasteiger partial charge in [0.25, 0.3) is 20.2 Å². The first-order valence-corrected chi connectivity index (χ1v) is 9.64. The molecule has 2 aliphatic rings. The SMILES string of the molecule is CC1C(O)CC(S(=O)(=O)O)C2CCCC(S(=O)(=O)O)C12. The van der Waals surface area contributed by atoms with E-state index < -0.39 is 54.6 Å². The Morgan fingerprint density at radius 2 is 1.50 bits per heavy atom. The van der Waals surface area contributed by atoms with Crippen LogP contribution in [-0.2, 0) is 20.2 Å². The molecule has 20 heavy (non-hydrogen) atoms. The fourth-order valence-electron chi connectivity index (χ4n) is 3.95. The average Bonchev–Trinajstić information content (AvgIpc) is 2.30. The third-order valence-electron chi connectivity index (χ3n) is 4.88. The maximum absolute atomic E-state index is 11.5. The molecule has 6 atom stereocenters. The molecule has 0 amide bonds. The summed E-state index contributed by atoms with van der Waals surface area (Å²) in [5, 5.41) is 7.74. The van der Waals surface area contributed by atoms with E-state index in [1.54, 1.807) is 6.92 Å². The van der Waals surface area contributed by atoms with Crippen LogP contribution in [0.5, 0.6) is 0 Å². The van der Waals surface area contributed by atoms with Gasteiger partial charge in [-0.2, -0.15) is 16.8 Å². The van der Waals surface area contributed by atoms with Crippen LogP contribution < -0.4 is 0 Å². The highest BCUT2D eigenvalue weighted by molar-refractivity contribution is 7.86. The third-order valence-corrected chi connectivity index (χ3v) is 7.50. The van der Waals surface area contributed by atoms with Crippen molar-refractivity contribution < 1.29 is 31.0 Å². The lowest BCUT2D eigenvalue weighted by Gasteiger charge is -2.48. The van der Waals surface area contributed by atoms with Crippen LogP contribution in [0.2, 0.25) is 0 Å². The van der Waals surface area contributed by atoms with Gasteiger partial charge in [-0.15, -0.1) is 0 Å². The van der Waals surface area contributed by atoms with E-state index in [1.165, 1.54) is 0 Å². The Bertz CT molecular complexity index is 538. The van der Waals surface area contributed by atoms with Crippen molar-refractivity contribution in [2.45, 2.75) is 49.2 Å². The highest BCUT2D eigenvalue weighted by Crippen LogP contribution is 2.47. The van der Waals surface area contributed by atoms with Crippen LogP contribution in [0.3, 0.4) is 0 Å². The first-order valence-electron chi connectivity index (χ1n) is 6.64. The van der Waals surface area contributed by atoms with Crippen LogP contribution in [0.4, 0.5) is 0 Å². The molecule has 0 aromatic carbocycles. The molecule has 7 nitrogen and oxygen atoms in total. The van der Waals surface area contributed by atoms with Gasteiger partial charge in [-0.25, -0.2) is 0 Å². The summed E-state index contributed by atoms with van der Waals surface area (Å²) in [6.45, 7) is 1.66. The van der Waals surface area contributed by atoms with E-state index in [9.17, 15) is 31.0 Å². The molecule has 0 aliphatic heterocycles. The summed E-state index contributed by atoms with van der Waals surface area (Å²) < 4.78 is 64.7. The molecular weight excluding hydrogens is 308 g/mol. The highest BCUT2D eigenvalue weighted by atomic mass is 32.2. The molecule has 118 valence electrons. The number of aliphatic hydroxyl groups is 1. The van der Waals surface area contributed by atoms with E-state index in [0.29, 0.717) is 12.8 Å². The number of aliphatic hydroxyl groups excluding tert-OH is 1. The minimum Gasteiger partial charge on any atom is -0.393 e. The van der Waals surface area contributed by atoms with Crippen molar-refractivity contribution in [2.75, 3.05) is 0 Å². The quantitative estimate of drug-likeness (QED) is 0.622. The van der Waals surface area contributed by atoms with Crippen LogP contribution >= 0.6 is 0 Å². The molecular formula is C11H20O7S2. The van der Waals surface area contributed by atoms with Crippen LogP contribution in [-0.4, -0.2) is 47.7 Å². The summed E-state index contributed by atoms with van der Waals surface area (Å²) >= 11 is 0. The van der Waals surface area contributed by atoms with E-state index in [-0.39, 0.29) is 12.8 Å². The lowest BCUT2D eigenvalue weighted by atomic mass is 9.64. The Hall–Kier alpha value is -0.220. The topological polar surface area (TPSA) is 129 Å². The summed E-state index contributed by atoms with van der Waals surface area (Å²) in [6.07, 6.45) is 0.0818. The zero-order valence-corrected chi connectivity index (χ0v) is 12.7. The molecule has 2 aliphatic carbocycles. The summed E-state index contributed by atoms with van der Waals surface area (Å²) in [6, 6.07) is 0. The van der Waals surface area contributed by atoms with Crippen LogP contribution in [0.15, 0.2) is 0 Å². The van der Waals surface area contributed by atoms with E-state index in [4.69, 9.17) is 0 Å². The zero-order chi connectivity index (χ0) is 15.3. The summed E-state index contributed by atoms with van der Waals surface area (Å²) in [4.78, 5) is 0. The van der Waals surface area contributed by atoms with Gasteiger partial charge < -0.3 is 5.11 Å². The Labute approximate surface area is 118 Å². The fourth-order valence-corrected chi connectivity index (χ4v) is 6.46. The molecule has 0 aromatic rings. The zero-order valence-electron chi connectivity index (χ0n) is 11.1. The predicted molar refractivity (Wildman–Crippen MR) is 71.3 cm³/mol. The molecule has 0 radical (unpaired) electrons. The Balaban J connectivity index is 2.45. The minimum absolute atomic E-state index is 0.0979. The van der Waals surface area contributed by atoms with E-state index in [1.807, 2.05) is 0 Å². The Morgan fingerprint density at radius 3 is 2.00 bits per heavy atom. The van der Waals surface area contributed by atoms with E-state index in [0.717, 1.165) is 0 Å². The molecule has 0 aromatic heterocycles. The van der Waals surface area contributed by atoms with Crippen molar-refractivity contribution in [3.05, 3.63) is 0 Å². The normalized spacial score (nSPS) is 43.0. The molecule has 2 fully saturated rings. The first-order chi connectivity index (χ1) is 9.03. The molecule has 0 saturated heterocycles. The van der Waals surface area contributed by atoms with Crippen molar-refractivity contribution in [3.63, 3.8) is 0 Å². The van der Waals surface area contributed by atoms with Gasteiger partial charge in [0.15, 0.2) is 0 Å². The van der Waals surface area contributed by atoms with Crippen molar-refractivity contribution in [3.8, 4) is 0 Å². The van der Waals surface area contributed by atoms with Crippen molar-refractivity contribution in [1.29, 1.82) is 0 Å². The molecule has 0 bridgehead atoms. The molecule has 0 heterocycles. The van der Waals surface area contributed by atoms with Gasteiger partial charge in [-0.1, -0.05) is 13.3 Å². The van der Waals surface area contributed by atoms with Gasteiger partial charge in [0, 0.05) is 0 Å². The van der Waals surface area contributed by atoms with Crippen LogP contribution in [0, 0.1) is 17.8 Å². The third kappa shape index (κ3) is 2.87. The Kier molecular flexibility index (Phi) is 4.20. The van der Waals surface area contributed by atoms with Gasteiger partial charge >= 0.3 is 0 Å². The highest BCUT2D eigenvalue weighted by Gasteiger charge is 2.53. The molecule has 2 saturated carbocycles. The van der Waals surface area contributed by atoms with Crippen LogP contribution in [0.1, 0.15) is 32.6 Å². The summed E-state index contributed by atoms with van der Waals surface area (Å²) in [7, 11) is -8.67. The van der Waals surface area contributed by atoms with Crippen molar-refractivity contribution in [2.24, 2.45) is 17.8 Å². The van der Waals surface area contributed by atoms with Gasteiger partial charge in [0.05, 0.1) is 16.6 Å². The van der Waals surface area contributed by atoms with Crippen LogP contribution in [0.25, 0.3) is 0 Å². The second-order valence-electron chi connectivity index (χ2n) is 5.94. The summed E-state index contributed by atoms with van der Waals surface area (Å²) in [5.74, 6) is -1.65. The lowest BCUT2D eigenvalue weighted by Crippen LogP contribution is -2.54. The van der Waals surface area contributed by atoms with Gasteiger partial charge in [0.1, 0.15) is 0 Å². The average molecular weight is 328 g/mol. The van der Waals surface area contributed by atoms with Gasteiger partial charge in [0.2, 0.25) is 0 Å². The number of fused-ring (bicyclic) bond motifs is 1. The van der Waals surface area contributed by atoms with Gasteiger partial charge in [-0.05, 0) is 37.0 Å². The maximum Gasteiger partial charge on any atom is 0.268 e. The monoisotopic (exact) mass is 328 g/mol. The van der Waals surface area contributed by atoms with E-state index >= 15 is 0 Å². The minimum atomic E-state index is -4.36. The molecule has 3 N–H and O–H groups in total. The van der Waals surface area contributed by atoms with Crippen molar-refractivity contribution in [1.82, 2.24) is 0 Å². The number of rotatable bonds is 2. The molecule has 2 rings (SSSR count). The fraction of sp³-hybridized carbons (Fsp3) is 1.00. The number of hydrogen-bond donors (Lipinski definition) is 3. The van der Waals surface area contributed by atoms with Gasteiger partial charge in [-0.3, -0.25) is 9.11 Å². The molecule has 9 heteroatoms. The predicted octanol–water partition coefficient (Wildman–Crippen LogP) is 0.316. The summed E-state index contributed by atoms with van der Waals surface area (Å²) in [5.41, 5.74) is 0.